The fraction of sp³-hybridized carbons (Fsp3) is 0.455. The normalized spacial score (nSPS) is 11.1. The number of hydrogen-bond donors (Lipinski definition) is 1. The van der Waals surface area contributed by atoms with E-state index in [1.165, 1.54) is 6.07 Å². The van der Waals surface area contributed by atoms with E-state index in [1.807, 2.05) is 13.8 Å². The van der Waals surface area contributed by atoms with Crippen LogP contribution in [-0.4, -0.2) is 13.1 Å². The van der Waals surface area contributed by atoms with Gasteiger partial charge in [-0.15, -0.1) is 0 Å². The SMILES string of the molecule is CC(C)N(C)c1ccc(N)cc1C(F)F. The van der Waals surface area contributed by atoms with Gasteiger partial charge >= 0.3 is 0 Å². The van der Waals surface area contributed by atoms with E-state index >= 15 is 0 Å². The second kappa shape index (κ2) is 4.47. The van der Waals surface area contributed by atoms with Gasteiger partial charge in [-0.3, -0.25) is 0 Å². The first kappa shape index (κ1) is 11.8. The van der Waals surface area contributed by atoms with Crippen LogP contribution in [0.1, 0.15) is 25.8 Å². The number of hydrogen-bond acceptors (Lipinski definition) is 2. The number of rotatable bonds is 3. The van der Waals surface area contributed by atoms with E-state index in [9.17, 15) is 8.78 Å². The average molecular weight is 214 g/mol. The molecule has 0 radical (unpaired) electrons. The smallest absolute Gasteiger partial charge is 0.265 e. The molecule has 1 aromatic rings. The van der Waals surface area contributed by atoms with E-state index < -0.39 is 6.43 Å². The Bertz CT molecular complexity index is 337. The highest BCUT2D eigenvalue weighted by Crippen LogP contribution is 2.31. The molecule has 2 nitrogen and oxygen atoms in total. The first-order valence-electron chi connectivity index (χ1n) is 4.84. The summed E-state index contributed by atoms with van der Waals surface area (Å²) in [5.41, 5.74) is 6.38. The van der Waals surface area contributed by atoms with Crippen molar-refractivity contribution in [3.05, 3.63) is 23.8 Å². The van der Waals surface area contributed by atoms with Crippen LogP contribution in [0.3, 0.4) is 0 Å². The summed E-state index contributed by atoms with van der Waals surface area (Å²) in [6, 6.07) is 4.78. The number of nitrogen functional groups attached to an aromatic ring is 1. The number of benzene rings is 1. The van der Waals surface area contributed by atoms with Gasteiger partial charge in [-0.05, 0) is 32.0 Å². The highest BCUT2D eigenvalue weighted by molar-refractivity contribution is 5.60. The molecule has 0 saturated carbocycles. The highest BCUT2D eigenvalue weighted by atomic mass is 19.3. The van der Waals surface area contributed by atoms with Gasteiger partial charge in [0.25, 0.3) is 6.43 Å². The molecular weight excluding hydrogens is 198 g/mol. The largest absolute Gasteiger partial charge is 0.399 e. The molecule has 15 heavy (non-hydrogen) atoms. The lowest BCUT2D eigenvalue weighted by molar-refractivity contribution is 0.152. The zero-order valence-electron chi connectivity index (χ0n) is 9.17. The highest BCUT2D eigenvalue weighted by Gasteiger charge is 2.17. The van der Waals surface area contributed by atoms with Crippen LogP contribution in [0.2, 0.25) is 0 Å². The number of anilines is 2. The van der Waals surface area contributed by atoms with E-state index in [1.54, 1.807) is 24.1 Å². The minimum absolute atomic E-state index is 0.00815. The summed E-state index contributed by atoms with van der Waals surface area (Å²) in [6.45, 7) is 3.90. The predicted octanol–water partition coefficient (Wildman–Crippen LogP) is 3.05. The second-order valence-corrected chi connectivity index (χ2v) is 3.82. The molecule has 0 aliphatic carbocycles. The molecule has 4 heteroatoms. The third kappa shape index (κ3) is 2.58. The van der Waals surface area contributed by atoms with E-state index in [2.05, 4.69) is 0 Å². The van der Waals surface area contributed by atoms with Crippen LogP contribution in [0.25, 0.3) is 0 Å². The van der Waals surface area contributed by atoms with Crippen molar-refractivity contribution >= 4 is 11.4 Å². The zero-order chi connectivity index (χ0) is 11.6. The number of alkyl halides is 2. The van der Waals surface area contributed by atoms with E-state index in [0.717, 1.165) is 0 Å². The first-order valence-corrected chi connectivity index (χ1v) is 4.84. The van der Waals surface area contributed by atoms with Crippen molar-refractivity contribution in [1.82, 2.24) is 0 Å². The van der Waals surface area contributed by atoms with Crippen molar-refractivity contribution in [2.24, 2.45) is 0 Å². The molecule has 0 spiro atoms. The standard InChI is InChI=1S/C11H16F2N2/c1-7(2)15(3)10-5-4-8(14)6-9(10)11(12)13/h4-7,11H,14H2,1-3H3. The molecule has 0 heterocycles. The molecule has 0 aliphatic rings. The fourth-order valence-corrected chi connectivity index (χ4v) is 1.35. The molecule has 1 aromatic carbocycles. The Morgan fingerprint density at radius 2 is 1.87 bits per heavy atom. The zero-order valence-corrected chi connectivity index (χ0v) is 9.17. The maximum Gasteiger partial charge on any atom is 0.265 e. The number of nitrogens with zero attached hydrogens (tertiary/aromatic N) is 1. The molecule has 2 N–H and O–H groups in total. The lowest BCUT2D eigenvalue weighted by atomic mass is 10.1. The predicted molar refractivity (Wildman–Crippen MR) is 59.4 cm³/mol. The van der Waals surface area contributed by atoms with Gasteiger partial charge in [-0.1, -0.05) is 0 Å². The van der Waals surface area contributed by atoms with Gasteiger partial charge in [-0.2, -0.15) is 0 Å². The van der Waals surface area contributed by atoms with Crippen LogP contribution < -0.4 is 10.6 Å². The van der Waals surface area contributed by atoms with Gasteiger partial charge in [0.15, 0.2) is 0 Å². The minimum Gasteiger partial charge on any atom is -0.399 e. The summed E-state index contributed by atoms with van der Waals surface area (Å²) >= 11 is 0. The maximum absolute atomic E-state index is 12.7. The van der Waals surface area contributed by atoms with Crippen molar-refractivity contribution < 1.29 is 8.78 Å². The van der Waals surface area contributed by atoms with Gasteiger partial charge in [-0.25, -0.2) is 8.78 Å². The molecule has 0 aromatic heterocycles. The Kier molecular flexibility index (Phi) is 3.50. The lowest BCUT2D eigenvalue weighted by Crippen LogP contribution is -2.26. The first-order chi connectivity index (χ1) is 6.93. The van der Waals surface area contributed by atoms with Crippen molar-refractivity contribution in [3.8, 4) is 0 Å². The molecule has 0 saturated heterocycles. The molecule has 0 fully saturated rings. The minimum atomic E-state index is -2.50. The summed E-state index contributed by atoms with van der Waals surface area (Å²) in [5, 5.41) is 0. The van der Waals surface area contributed by atoms with Crippen LogP contribution in [0.15, 0.2) is 18.2 Å². The summed E-state index contributed by atoms with van der Waals surface area (Å²) in [5.74, 6) is 0. The number of halogens is 2. The van der Waals surface area contributed by atoms with Crippen molar-refractivity contribution in [2.45, 2.75) is 26.3 Å². The maximum atomic E-state index is 12.7. The summed E-state index contributed by atoms with van der Waals surface area (Å²) in [4.78, 5) is 1.81. The summed E-state index contributed by atoms with van der Waals surface area (Å²) < 4.78 is 25.5. The fourth-order valence-electron chi connectivity index (χ4n) is 1.35. The van der Waals surface area contributed by atoms with Crippen molar-refractivity contribution in [1.29, 1.82) is 0 Å². The Labute approximate surface area is 88.7 Å². The Hall–Kier alpha value is -1.32. The van der Waals surface area contributed by atoms with Crippen molar-refractivity contribution in [3.63, 3.8) is 0 Å². The van der Waals surface area contributed by atoms with E-state index in [-0.39, 0.29) is 11.6 Å². The monoisotopic (exact) mass is 214 g/mol. The quantitative estimate of drug-likeness (QED) is 0.783. The van der Waals surface area contributed by atoms with Crippen LogP contribution in [0.4, 0.5) is 20.2 Å². The molecule has 0 bridgehead atoms. The summed E-state index contributed by atoms with van der Waals surface area (Å²) in [7, 11) is 1.79. The molecule has 0 unspecified atom stereocenters. The third-order valence-electron chi connectivity index (χ3n) is 2.44. The van der Waals surface area contributed by atoms with Crippen molar-refractivity contribution in [2.75, 3.05) is 17.7 Å². The lowest BCUT2D eigenvalue weighted by Gasteiger charge is -2.26. The van der Waals surface area contributed by atoms with Gasteiger partial charge in [0.1, 0.15) is 0 Å². The van der Waals surface area contributed by atoms with Gasteiger partial charge in [0, 0.05) is 30.0 Å². The number of nitrogens with two attached hydrogens (primary N) is 1. The van der Waals surface area contributed by atoms with Crippen LogP contribution >= 0.6 is 0 Å². The molecule has 84 valence electrons. The molecule has 0 aliphatic heterocycles. The molecule has 1 rings (SSSR count). The Morgan fingerprint density at radius 3 is 2.33 bits per heavy atom. The second-order valence-electron chi connectivity index (χ2n) is 3.82. The van der Waals surface area contributed by atoms with Crippen LogP contribution in [0.5, 0.6) is 0 Å². The van der Waals surface area contributed by atoms with Gasteiger partial charge in [0.2, 0.25) is 0 Å². The van der Waals surface area contributed by atoms with E-state index in [4.69, 9.17) is 5.73 Å². The molecule has 0 atom stereocenters. The average Bonchev–Trinajstić information content (AvgIpc) is 2.16. The third-order valence-corrected chi connectivity index (χ3v) is 2.44. The Morgan fingerprint density at radius 1 is 1.27 bits per heavy atom. The van der Waals surface area contributed by atoms with Gasteiger partial charge in [0.05, 0.1) is 0 Å². The van der Waals surface area contributed by atoms with Gasteiger partial charge < -0.3 is 10.6 Å². The van der Waals surface area contributed by atoms with Crippen LogP contribution in [-0.2, 0) is 0 Å². The topological polar surface area (TPSA) is 29.3 Å². The molecule has 0 amide bonds. The van der Waals surface area contributed by atoms with E-state index in [0.29, 0.717) is 11.4 Å². The summed E-state index contributed by atoms with van der Waals surface area (Å²) in [6.07, 6.45) is -2.50. The van der Waals surface area contributed by atoms with Crippen LogP contribution in [0, 0.1) is 0 Å². The Balaban J connectivity index is 3.16. The molecular formula is C11H16F2N2.